The molecule has 4 aromatic rings. The Morgan fingerprint density at radius 3 is 2.86 bits per heavy atom. The zero-order chi connectivity index (χ0) is 19.8. The molecule has 1 aliphatic heterocycles. The second kappa shape index (κ2) is 7.29. The lowest BCUT2D eigenvalue weighted by molar-refractivity contribution is 0.0854. The number of benzene rings is 3. The van der Waals surface area contributed by atoms with E-state index in [9.17, 15) is 9.18 Å². The molecule has 0 spiro atoms. The van der Waals surface area contributed by atoms with E-state index in [1.54, 1.807) is 6.07 Å². The summed E-state index contributed by atoms with van der Waals surface area (Å²) in [6.07, 6.45) is 1.91. The minimum absolute atomic E-state index is 0.00725. The van der Waals surface area contributed by atoms with Crippen molar-refractivity contribution in [2.45, 2.75) is 18.9 Å². The molecule has 1 aromatic heterocycles. The van der Waals surface area contributed by atoms with E-state index in [0.29, 0.717) is 29.7 Å². The number of nitrogens with one attached hydrogen (secondary N) is 2. The van der Waals surface area contributed by atoms with Crippen LogP contribution in [0.15, 0.2) is 54.6 Å². The number of hydrogen-bond acceptors (Lipinski definition) is 3. The zero-order valence-electron chi connectivity index (χ0n) is 15.7. The van der Waals surface area contributed by atoms with Gasteiger partial charge in [0.15, 0.2) is 0 Å². The summed E-state index contributed by atoms with van der Waals surface area (Å²) < 4.78 is 20.1. The first kappa shape index (κ1) is 17.8. The van der Waals surface area contributed by atoms with Crippen LogP contribution in [0.25, 0.3) is 32.9 Å². The molecule has 6 heteroatoms. The highest BCUT2D eigenvalue weighted by atomic mass is 19.1. The highest BCUT2D eigenvalue weighted by Gasteiger charge is 2.20. The Morgan fingerprint density at radius 1 is 1.17 bits per heavy atom. The quantitative estimate of drug-likeness (QED) is 0.543. The molecule has 29 heavy (non-hydrogen) atoms. The normalized spacial score (nSPS) is 16.5. The Balaban J connectivity index is 1.50. The number of halogens is 1. The molecule has 146 valence electrons. The van der Waals surface area contributed by atoms with Gasteiger partial charge in [0.05, 0.1) is 22.9 Å². The topological polar surface area (TPSA) is 67.0 Å². The fourth-order valence-corrected chi connectivity index (χ4v) is 3.88. The Kier molecular flexibility index (Phi) is 4.48. The number of carbonyl (C=O) groups excluding carboxylic acids is 1. The summed E-state index contributed by atoms with van der Waals surface area (Å²) in [5.74, 6) is -1.01. The Labute approximate surface area is 166 Å². The number of H-pyrrole nitrogens is 1. The maximum absolute atomic E-state index is 14.6. The summed E-state index contributed by atoms with van der Waals surface area (Å²) in [7, 11) is 0. The first-order chi connectivity index (χ1) is 14.2. The number of carbonyl (C=O) groups is 1. The average molecular weight is 389 g/mol. The Bertz CT molecular complexity index is 1210. The van der Waals surface area contributed by atoms with Crippen LogP contribution in [-0.4, -0.2) is 35.4 Å². The summed E-state index contributed by atoms with van der Waals surface area (Å²) in [5.41, 5.74) is 2.17. The lowest BCUT2D eigenvalue weighted by Gasteiger charge is -2.11. The van der Waals surface area contributed by atoms with Gasteiger partial charge < -0.3 is 10.1 Å². The fourth-order valence-electron chi connectivity index (χ4n) is 3.88. The molecule has 0 unspecified atom stereocenters. The highest BCUT2D eigenvalue weighted by molar-refractivity contribution is 6.02. The molecule has 0 saturated carbocycles. The van der Waals surface area contributed by atoms with Crippen molar-refractivity contribution in [3.63, 3.8) is 0 Å². The monoisotopic (exact) mass is 389 g/mol. The van der Waals surface area contributed by atoms with Crippen LogP contribution in [0.4, 0.5) is 4.39 Å². The van der Waals surface area contributed by atoms with Gasteiger partial charge >= 0.3 is 0 Å². The SMILES string of the molecule is O=C(NC[C@H]1CCCO1)c1cc2c(-c3ccc4ccccc4c3)n[nH]c2cc1F. The van der Waals surface area contributed by atoms with Crippen molar-refractivity contribution in [1.82, 2.24) is 15.5 Å². The number of aromatic nitrogens is 2. The minimum Gasteiger partial charge on any atom is -0.376 e. The first-order valence-corrected chi connectivity index (χ1v) is 9.75. The predicted octanol–water partition coefficient (Wildman–Crippen LogP) is 4.43. The summed E-state index contributed by atoms with van der Waals surface area (Å²) in [5, 5.41) is 13.0. The number of amides is 1. The van der Waals surface area contributed by atoms with E-state index in [0.717, 1.165) is 29.2 Å². The molecule has 1 saturated heterocycles. The van der Waals surface area contributed by atoms with Crippen LogP contribution in [0.5, 0.6) is 0 Å². The lowest BCUT2D eigenvalue weighted by Crippen LogP contribution is -2.32. The van der Waals surface area contributed by atoms with Crippen LogP contribution in [0.2, 0.25) is 0 Å². The minimum atomic E-state index is -0.573. The second-order valence-electron chi connectivity index (χ2n) is 7.36. The molecular formula is C23H20FN3O2. The summed E-state index contributed by atoms with van der Waals surface area (Å²) >= 11 is 0. The third kappa shape index (κ3) is 3.36. The van der Waals surface area contributed by atoms with Gasteiger partial charge in [-0.25, -0.2) is 4.39 Å². The molecule has 0 bridgehead atoms. The van der Waals surface area contributed by atoms with E-state index in [2.05, 4.69) is 15.5 Å². The summed E-state index contributed by atoms with van der Waals surface area (Å²) in [6, 6.07) is 17.0. The van der Waals surface area contributed by atoms with Crippen LogP contribution in [0.3, 0.4) is 0 Å². The molecule has 2 N–H and O–H groups in total. The molecule has 1 amide bonds. The van der Waals surface area contributed by atoms with Gasteiger partial charge in [-0.2, -0.15) is 5.10 Å². The third-order valence-corrected chi connectivity index (χ3v) is 5.43. The van der Waals surface area contributed by atoms with E-state index in [-0.39, 0.29) is 11.7 Å². The van der Waals surface area contributed by atoms with E-state index >= 15 is 0 Å². The molecule has 1 aliphatic rings. The number of nitrogens with zero attached hydrogens (tertiary/aromatic N) is 1. The van der Waals surface area contributed by atoms with Gasteiger partial charge in [0, 0.05) is 30.2 Å². The molecule has 5 nitrogen and oxygen atoms in total. The van der Waals surface area contributed by atoms with Gasteiger partial charge in [-0.15, -0.1) is 0 Å². The van der Waals surface area contributed by atoms with Crippen LogP contribution in [0, 0.1) is 5.82 Å². The Morgan fingerprint density at radius 2 is 2.03 bits per heavy atom. The van der Waals surface area contributed by atoms with Crippen molar-refractivity contribution in [2.24, 2.45) is 0 Å². The van der Waals surface area contributed by atoms with Crippen molar-refractivity contribution < 1.29 is 13.9 Å². The van der Waals surface area contributed by atoms with Gasteiger partial charge in [-0.05, 0) is 35.7 Å². The van der Waals surface area contributed by atoms with E-state index in [1.807, 2.05) is 42.5 Å². The van der Waals surface area contributed by atoms with E-state index in [4.69, 9.17) is 4.74 Å². The van der Waals surface area contributed by atoms with Crippen LogP contribution >= 0.6 is 0 Å². The number of fused-ring (bicyclic) bond motifs is 2. The van der Waals surface area contributed by atoms with Crippen molar-refractivity contribution in [2.75, 3.05) is 13.2 Å². The van der Waals surface area contributed by atoms with Crippen LogP contribution in [0.1, 0.15) is 23.2 Å². The third-order valence-electron chi connectivity index (χ3n) is 5.43. The largest absolute Gasteiger partial charge is 0.376 e. The summed E-state index contributed by atoms with van der Waals surface area (Å²) in [4.78, 5) is 12.6. The molecule has 0 radical (unpaired) electrons. The maximum atomic E-state index is 14.6. The smallest absolute Gasteiger partial charge is 0.254 e. The van der Waals surface area contributed by atoms with Gasteiger partial charge in [-0.1, -0.05) is 36.4 Å². The molecule has 1 fully saturated rings. The number of rotatable bonds is 4. The number of hydrogen-bond donors (Lipinski definition) is 2. The van der Waals surface area contributed by atoms with Crippen molar-refractivity contribution >= 4 is 27.6 Å². The van der Waals surface area contributed by atoms with Gasteiger partial charge in [0.1, 0.15) is 5.82 Å². The molecule has 5 rings (SSSR count). The van der Waals surface area contributed by atoms with Crippen molar-refractivity contribution in [3.05, 3.63) is 66.0 Å². The van der Waals surface area contributed by atoms with Gasteiger partial charge in [0.2, 0.25) is 0 Å². The van der Waals surface area contributed by atoms with E-state index in [1.165, 1.54) is 6.07 Å². The van der Waals surface area contributed by atoms with Gasteiger partial charge in [-0.3, -0.25) is 9.89 Å². The first-order valence-electron chi connectivity index (χ1n) is 9.75. The zero-order valence-corrected chi connectivity index (χ0v) is 15.7. The van der Waals surface area contributed by atoms with Gasteiger partial charge in [0.25, 0.3) is 5.91 Å². The van der Waals surface area contributed by atoms with E-state index < -0.39 is 11.7 Å². The standard InChI is InChI=1S/C23H20FN3O2/c24-20-12-21-19(11-18(20)23(28)25-13-17-6-3-9-29-17)22(27-26-21)16-8-7-14-4-1-2-5-15(14)10-16/h1-2,4-5,7-8,10-12,17H,3,6,9,13H2,(H,25,28)(H,26,27)/t17-/m1/s1. The van der Waals surface area contributed by atoms with Crippen molar-refractivity contribution in [1.29, 1.82) is 0 Å². The maximum Gasteiger partial charge on any atom is 0.254 e. The summed E-state index contributed by atoms with van der Waals surface area (Å²) in [6.45, 7) is 1.10. The Hall–Kier alpha value is -3.25. The predicted molar refractivity (Wildman–Crippen MR) is 110 cm³/mol. The fraction of sp³-hybridized carbons (Fsp3) is 0.217. The highest BCUT2D eigenvalue weighted by Crippen LogP contribution is 2.30. The number of ether oxygens (including phenoxy) is 1. The molecule has 3 aromatic carbocycles. The number of aromatic amines is 1. The average Bonchev–Trinajstić information content (AvgIpc) is 3.40. The second-order valence-corrected chi connectivity index (χ2v) is 7.36. The molecular weight excluding hydrogens is 369 g/mol. The van der Waals surface area contributed by atoms with Crippen LogP contribution in [-0.2, 0) is 4.74 Å². The lowest BCUT2D eigenvalue weighted by atomic mass is 10.0. The molecule has 2 heterocycles. The molecule has 0 aliphatic carbocycles. The molecule has 1 atom stereocenters. The van der Waals surface area contributed by atoms with Crippen molar-refractivity contribution in [3.8, 4) is 11.3 Å². The van der Waals surface area contributed by atoms with Crippen LogP contribution < -0.4 is 5.32 Å².